The molecule has 19 heavy (non-hydrogen) atoms. The summed E-state index contributed by atoms with van der Waals surface area (Å²) in [5.41, 5.74) is 2.35. The minimum absolute atomic E-state index is 1.06. The first-order valence-corrected chi connectivity index (χ1v) is 7.32. The van der Waals surface area contributed by atoms with Crippen LogP contribution in [-0.2, 0) is 6.42 Å². The Morgan fingerprint density at radius 1 is 1.32 bits per heavy atom. The molecule has 3 aromatic heterocycles. The molecule has 1 aliphatic heterocycles. The number of aromatic nitrogens is 2. The second-order valence-corrected chi connectivity index (χ2v) is 5.71. The molecule has 3 aromatic rings. The quantitative estimate of drug-likeness (QED) is 0.645. The Kier molecular flexibility index (Phi) is 2.48. The van der Waals surface area contributed by atoms with Crippen LogP contribution in [0.2, 0.25) is 0 Å². The molecular formula is C15H13N3S. The lowest BCUT2D eigenvalue weighted by atomic mass is 10.1. The van der Waals surface area contributed by atoms with Crippen LogP contribution < -0.4 is 0 Å². The molecule has 4 rings (SSSR count). The number of nitrogens with zero attached hydrogens (tertiary/aromatic N) is 2. The molecule has 0 radical (unpaired) electrons. The first-order chi connectivity index (χ1) is 9.43. The van der Waals surface area contributed by atoms with E-state index in [2.05, 4.69) is 27.1 Å². The topological polar surface area (TPSA) is 41.0 Å². The average Bonchev–Trinajstić information content (AvgIpc) is 2.95. The van der Waals surface area contributed by atoms with E-state index in [1.807, 2.05) is 24.6 Å². The minimum atomic E-state index is 1.06. The minimum Gasteiger partial charge on any atom is -0.348 e. The Labute approximate surface area is 114 Å². The van der Waals surface area contributed by atoms with Crippen molar-refractivity contribution in [2.45, 2.75) is 19.3 Å². The van der Waals surface area contributed by atoms with Crippen molar-refractivity contribution in [1.29, 1.82) is 0 Å². The highest BCUT2D eigenvalue weighted by atomic mass is 32.1. The third-order valence-electron chi connectivity index (χ3n) is 3.48. The van der Waals surface area contributed by atoms with Crippen molar-refractivity contribution >= 4 is 43.7 Å². The van der Waals surface area contributed by atoms with Crippen molar-refractivity contribution in [3.05, 3.63) is 36.2 Å². The van der Waals surface area contributed by atoms with E-state index < -0.39 is 0 Å². The van der Waals surface area contributed by atoms with E-state index in [0.29, 0.717) is 0 Å². The lowest BCUT2D eigenvalue weighted by Crippen LogP contribution is -1.84. The van der Waals surface area contributed by atoms with Gasteiger partial charge < -0.3 is 4.98 Å². The van der Waals surface area contributed by atoms with E-state index in [0.717, 1.165) is 29.8 Å². The number of fused-ring (bicyclic) bond motifs is 5. The molecule has 0 spiro atoms. The van der Waals surface area contributed by atoms with Crippen molar-refractivity contribution in [2.24, 2.45) is 4.99 Å². The molecule has 0 saturated carbocycles. The van der Waals surface area contributed by atoms with Crippen LogP contribution in [0.25, 0.3) is 20.4 Å². The van der Waals surface area contributed by atoms with Gasteiger partial charge in [-0.2, -0.15) is 0 Å². The molecule has 4 heterocycles. The zero-order chi connectivity index (χ0) is 12.7. The molecule has 0 amide bonds. The number of thiophene rings is 1. The summed E-state index contributed by atoms with van der Waals surface area (Å²) in [6, 6.07) is 4.12. The number of allylic oxidation sites excluding steroid dienone is 2. The number of aryl methyl sites for hydroxylation is 1. The first kappa shape index (κ1) is 10.9. The molecule has 3 nitrogen and oxygen atoms in total. The predicted molar refractivity (Wildman–Crippen MR) is 81.7 cm³/mol. The van der Waals surface area contributed by atoms with Crippen LogP contribution in [0.4, 0.5) is 5.69 Å². The van der Waals surface area contributed by atoms with E-state index in [9.17, 15) is 0 Å². The van der Waals surface area contributed by atoms with Crippen molar-refractivity contribution in [2.75, 3.05) is 0 Å². The van der Waals surface area contributed by atoms with Crippen molar-refractivity contribution in [3.63, 3.8) is 0 Å². The van der Waals surface area contributed by atoms with E-state index >= 15 is 0 Å². The zero-order valence-corrected chi connectivity index (χ0v) is 11.2. The molecule has 0 aromatic carbocycles. The van der Waals surface area contributed by atoms with Crippen LogP contribution in [0, 0.1) is 0 Å². The molecule has 0 saturated heterocycles. The third-order valence-corrected chi connectivity index (χ3v) is 4.51. The maximum absolute atomic E-state index is 4.65. The largest absolute Gasteiger partial charge is 0.348 e. The van der Waals surface area contributed by atoms with E-state index in [1.54, 1.807) is 11.3 Å². The molecule has 0 atom stereocenters. The molecule has 1 aliphatic rings. The van der Waals surface area contributed by atoms with E-state index in [1.165, 1.54) is 21.3 Å². The highest BCUT2D eigenvalue weighted by molar-refractivity contribution is 7.25. The number of pyridine rings is 1. The van der Waals surface area contributed by atoms with Gasteiger partial charge in [0.05, 0.1) is 5.69 Å². The maximum Gasteiger partial charge on any atom is 0.125 e. The number of hydrogen-bond donors (Lipinski definition) is 1. The third kappa shape index (κ3) is 1.71. The lowest BCUT2D eigenvalue weighted by molar-refractivity contribution is 0.828. The van der Waals surface area contributed by atoms with Crippen LogP contribution >= 0.6 is 11.3 Å². The fourth-order valence-electron chi connectivity index (χ4n) is 2.60. The second kappa shape index (κ2) is 4.31. The SMILES string of the molecule is C1=Nc2c([nH]c3sc4ncccc4c23)CCC/C=C/1. The molecule has 0 unspecified atom stereocenters. The van der Waals surface area contributed by atoms with Gasteiger partial charge in [-0.1, -0.05) is 17.4 Å². The van der Waals surface area contributed by atoms with Crippen LogP contribution in [0.5, 0.6) is 0 Å². The van der Waals surface area contributed by atoms with Gasteiger partial charge in [-0.3, -0.25) is 4.99 Å². The standard InChI is InChI=1S/C15H13N3S/c1-2-4-8-16-13-11(7-3-1)18-15-12(13)10-6-5-9-17-14(10)19-15/h2,4-6,8-9,18H,1,3,7H2/b4-2+,16-8?. The van der Waals surface area contributed by atoms with Crippen molar-refractivity contribution in [1.82, 2.24) is 9.97 Å². The fraction of sp³-hybridized carbons (Fsp3) is 0.200. The molecule has 0 aliphatic carbocycles. The molecule has 4 heteroatoms. The summed E-state index contributed by atoms with van der Waals surface area (Å²) in [6.45, 7) is 0. The maximum atomic E-state index is 4.65. The van der Waals surface area contributed by atoms with Gasteiger partial charge in [0.1, 0.15) is 9.66 Å². The molecule has 1 N–H and O–H groups in total. The summed E-state index contributed by atoms with van der Waals surface area (Å²) < 4.78 is 0. The second-order valence-electron chi connectivity index (χ2n) is 4.71. The smallest absolute Gasteiger partial charge is 0.125 e. The van der Waals surface area contributed by atoms with Gasteiger partial charge >= 0.3 is 0 Å². The number of aromatic amines is 1. The van der Waals surface area contributed by atoms with Gasteiger partial charge in [-0.15, -0.1) is 0 Å². The van der Waals surface area contributed by atoms with E-state index in [-0.39, 0.29) is 0 Å². The Hall–Kier alpha value is -1.94. The van der Waals surface area contributed by atoms with Crippen LogP contribution in [0.15, 0.2) is 35.5 Å². The summed E-state index contributed by atoms with van der Waals surface area (Å²) in [4.78, 5) is 14.9. The van der Waals surface area contributed by atoms with E-state index in [4.69, 9.17) is 0 Å². The van der Waals surface area contributed by atoms with Crippen LogP contribution in [0.3, 0.4) is 0 Å². The summed E-state index contributed by atoms with van der Waals surface area (Å²) >= 11 is 1.72. The van der Waals surface area contributed by atoms with Gasteiger partial charge in [0.2, 0.25) is 0 Å². The highest BCUT2D eigenvalue weighted by Crippen LogP contribution is 2.41. The summed E-state index contributed by atoms with van der Waals surface area (Å²) in [5, 5.41) is 2.44. The van der Waals surface area contributed by atoms with Crippen molar-refractivity contribution < 1.29 is 0 Å². The Bertz CT molecular complexity index is 807. The summed E-state index contributed by atoms with van der Waals surface area (Å²) in [7, 11) is 0. The highest BCUT2D eigenvalue weighted by Gasteiger charge is 2.16. The number of aliphatic imine (C=N–C) groups is 1. The summed E-state index contributed by atoms with van der Waals surface area (Å²) in [6.07, 6.45) is 11.3. The monoisotopic (exact) mass is 267 g/mol. The normalized spacial score (nSPS) is 17.1. The Morgan fingerprint density at radius 3 is 3.32 bits per heavy atom. The number of rotatable bonds is 0. The molecule has 0 bridgehead atoms. The molecule has 0 fully saturated rings. The van der Waals surface area contributed by atoms with Gasteiger partial charge in [0.25, 0.3) is 0 Å². The van der Waals surface area contributed by atoms with Gasteiger partial charge in [-0.05, 0) is 37.5 Å². The molecule has 94 valence electrons. The Balaban J connectivity index is 2.06. The number of H-pyrrole nitrogens is 1. The summed E-state index contributed by atoms with van der Waals surface area (Å²) in [5.74, 6) is 0. The number of hydrogen-bond acceptors (Lipinski definition) is 3. The Morgan fingerprint density at radius 2 is 2.32 bits per heavy atom. The first-order valence-electron chi connectivity index (χ1n) is 6.51. The zero-order valence-electron chi connectivity index (χ0n) is 10.4. The number of nitrogens with one attached hydrogen (secondary N) is 1. The van der Waals surface area contributed by atoms with Crippen LogP contribution in [-0.4, -0.2) is 16.2 Å². The molecular weight excluding hydrogens is 254 g/mol. The van der Waals surface area contributed by atoms with Crippen molar-refractivity contribution in [3.8, 4) is 0 Å². The predicted octanol–water partition coefficient (Wildman–Crippen LogP) is 4.37. The lowest BCUT2D eigenvalue weighted by Gasteiger charge is -1.98. The van der Waals surface area contributed by atoms with Gasteiger partial charge in [0.15, 0.2) is 0 Å². The average molecular weight is 267 g/mol. The fourth-order valence-corrected chi connectivity index (χ4v) is 3.67. The van der Waals surface area contributed by atoms with Crippen LogP contribution in [0.1, 0.15) is 18.5 Å². The van der Waals surface area contributed by atoms with Gasteiger partial charge in [-0.25, -0.2) is 4.98 Å². The van der Waals surface area contributed by atoms with Gasteiger partial charge in [0, 0.05) is 28.9 Å².